The van der Waals surface area contributed by atoms with Crippen LogP contribution in [0, 0.1) is 0 Å². The molecule has 5 heteroatoms. The minimum Gasteiger partial charge on any atom is -0.396 e. The van der Waals surface area contributed by atoms with Gasteiger partial charge in [0.25, 0.3) is 0 Å². The number of aliphatic hydroxyl groups excluding tert-OH is 1. The van der Waals surface area contributed by atoms with Crippen molar-refractivity contribution < 1.29 is 9.90 Å². The molecule has 21 heavy (non-hydrogen) atoms. The molecule has 0 saturated carbocycles. The number of aryl methyl sites for hydroxylation is 1. The Morgan fingerprint density at radius 2 is 2.19 bits per heavy atom. The number of fused-ring (bicyclic) bond motifs is 1. The Kier molecular flexibility index (Phi) is 5.22. The number of anilines is 1. The van der Waals surface area contributed by atoms with Gasteiger partial charge in [0.15, 0.2) is 0 Å². The summed E-state index contributed by atoms with van der Waals surface area (Å²) in [5, 5.41) is 15.6. The van der Waals surface area contributed by atoms with Crippen molar-refractivity contribution in [2.45, 2.75) is 39.3 Å². The molecular formula is C16H23N3O2. The Morgan fingerprint density at radius 1 is 1.38 bits per heavy atom. The molecule has 1 aromatic carbocycles. The van der Waals surface area contributed by atoms with Crippen molar-refractivity contribution >= 4 is 22.6 Å². The molecule has 2 amide bonds. The second-order valence-corrected chi connectivity index (χ2v) is 5.29. The van der Waals surface area contributed by atoms with Gasteiger partial charge in [0.1, 0.15) is 0 Å². The quantitative estimate of drug-likeness (QED) is 0.765. The van der Waals surface area contributed by atoms with Crippen molar-refractivity contribution in [3.63, 3.8) is 0 Å². The molecule has 0 aliphatic carbocycles. The van der Waals surface area contributed by atoms with Crippen molar-refractivity contribution in [1.29, 1.82) is 0 Å². The molecule has 1 heterocycles. The van der Waals surface area contributed by atoms with Gasteiger partial charge < -0.3 is 20.3 Å². The third-order valence-electron chi connectivity index (χ3n) is 3.44. The van der Waals surface area contributed by atoms with Crippen LogP contribution in [0.4, 0.5) is 10.5 Å². The zero-order valence-electron chi connectivity index (χ0n) is 12.6. The minimum atomic E-state index is -0.246. The van der Waals surface area contributed by atoms with Crippen molar-refractivity contribution in [2.75, 3.05) is 11.9 Å². The summed E-state index contributed by atoms with van der Waals surface area (Å²) < 4.78 is 2.19. The predicted octanol–water partition coefficient (Wildman–Crippen LogP) is 2.94. The van der Waals surface area contributed by atoms with Crippen molar-refractivity contribution in [2.24, 2.45) is 0 Å². The van der Waals surface area contributed by atoms with Crippen LogP contribution in [0.3, 0.4) is 0 Å². The molecule has 0 aliphatic rings. The lowest BCUT2D eigenvalue weighted by Gasteiger charge is -2.13. The third-order valence-corrected chi connectivity index (χ3v) is 3.44. The second-order valence-electron chi connectivity index (χ2n) is 5.29. The number of carbonyl (C=O) groups excluding carboxylic acids is 1. The molecule has 5 nitrogen and oxygen atoms in total. The van der Waals surface area contributed by atoms with Crippen LogP contribution in [0.25, 0.3) is 10.9 Å². The van der Waals surface area contributed by atoms with Crippen molar-refractivity contribution in [1.82, 2.24) is 9.88 Å². The van der Waals surface area contributed by atoms with E-state index >= 15 is 0 Å². The number of amides is 2. The molecule has 1 atom stereocenters. The predicted molar refractivity (Wildman–Crippen MR) is 85.5 cm³/mol. The number of aromatic nitrogens is 1. The van der Waals surface area contributed by atoms with Crippen LogP contribution >= 0.6 is 0 Å². The first-order chi connectivity index (χ1) is 10.1. The van der Waals surface area contributed by atoms with Gasteiger partial charge >= 0.3 is 6.03 Å². The minimum absolute atomic E-state index is 0.0531. The number of aliphatic hydroxyl groups is 1. The summed E-state index contributed by atoms with van der Waals surface area (Å²) in [6, 6.07) is 7.68. The molecule has 0 aliphatic heterocycles. The fraction of sp³-hybridized carbons (Fsp3) is 0.438. The maximum atomic E-state index is 11.9. The van der Waals surface area contributed by atoms with E-state index in [1.807, 2.05) is 25.1 Å². The summed E-state index contributed by atoms with van der Waals surface area (Å²) in [5.41, 5.74) is 1.89. The van der Waals surface area contributed by atoms with Crippen LogP contribution in [-0.4, -0.2) is 28.4 Å². The van der Waals surface area contributed by atoms with Gasteiger partial charge in [-0.05, 0) is 43.4 Å². The second kappa shape index (κ2) is 7.13. The Labute approximate surface area is 125 Å². The normalized spacial score (nSPS) is 12.3. The van der Waals surface area contributed by atoms with Crippen LogP contribution in [0.15, 0.2) is 30.5 Å². The molecule has 2 aromatic rings. The van der Waals surface area contributed by atoms with E-state index in [1.165, 1.54) is 5.39 Å². The smallest absolute Gasteiger partial charge is 0.319 e. The van der Waals surface area contributed by atoms with E-state index in [1.54, 1.807) is 0 Å². The van der Waals surface area contributed by atoms with Gasteiger partial charge in [0.05, 0.1) is 5.52 Å². The van der Waals surface area contributed by atoms with Crippen molar-refractivity contribution in [3.05, 3.63) is 30.5 Å². The number of benzene rings is 1. The van der Waals surface area contributed by atoms with E-state index in [9.17, 15) is 4.79 Å². The first-order valence-electron chi connectivity index (χ1n) is 7.41. The van der Waals surface area contributed by atoms with Gasteiger partial charge in [-0.3, -0.25) is 0 Å². The Balaban J connectivity index is 2.08. The Morgan fingerprint density at radius 3 is 2.90 bits per heavy atom. The average Bonchev–Trinajstić information content (AvgIpc) is 2.82. The van der Waals surface area contributed by atoms with Gasteiger partial charge in [0.2, 0.25) is 0 Å². The number of rotatable bonds is 6. The van der Waals surface area contributed by atoms with Gasteiger partial charge in [0, 0.05) is 31.1 Å². The van der Waals surface area contributed by atoms with E-state index in [-0.39, 0.29) is 18.7 Å². The molecule has 0 spiro atoms. The van der Waals surface area contributed by atoms with E-state index < -0.39 is 0 Å². The Bertz CT molecular complexity index is 607. The fourth-order valence-corrected chi connectivity index (χ4v) is 2.35. The van der Waals surface area contributed by atoms with Gasteiger partial charge in [-0.2, -0.15) is 0 Å². The van der Waals surface area contributed by atoms with E-state index in [0.29, 0.717) is 6.42 Å². The molecule has 114 valence electrons. The van der Waals surface area contributed by atoms with Crippen LogP contribution in [-0.2, 0) is 6.54 Å². The summed E-state index contributed by atoms with van der Waals surface area (Å²) >= 11 is 0. The standard InChI is InChI=1S/C16H23N3O2/c1-3-8-19-9-6-13-4-5-14(11-15(13)19)18-16(21)17-12(2)7-10-20/h4-6,9,11-12,20H,3,7-8,10H2,1-2H3,(H2,17,18,21)/t12-/m1/s1. The molecule has 3 N–H and O–H groups in total. The number of nitrogens with one attached hydrogen (secondary N) is 2. The van der Waals surface area contributed by atoms with Crippen LogP contribution in [0.2, 0.25) is 0 Å². The Hall–Kier alpha value is -2.01. The van der Waals surface area contributed by atoms with Gasteiger partial charge in [-0.1, -0.05) is 13.0 Å². The van der Waals surface area contributed by atoms with Crippen molar-refractivity contribution in [3.8, 4) is 0 Å². The molecule has 0 saturated heterocycles. The van der Waals surface area contributed by atoms with Gasteiger partial charge in [-0.15, -0.1) is 0 Å². The molecule has 2 rings (SSSR count). The number of nitrogens with zero attached hydrogens (tertiary/aromatic N) is 1. The molecule has 0 unspecified atom stereocenters. The molecule has 0 bridgehead atoms. The maximum absolute atomic E-state index is 11.9. The highest BCUT2D eigenvalue weighted by atomic mass is 16.3. The van der Waals surface area contributed by atoms with E-state index in [2.05, 4.69) is 34.4 Å². The molecule has 0 radical (unpaired) electrons. The van der Waals surface area contributed by atoms with E-state index in [4.69, 9.17) is 5.11 Å². The summed E-state index contributed by atoms with van der Waals surface area (Å²) in [6.07, 6.45) is 3.69. The zero-order valence-corrected chi connectivity index (χ0v) is 12.6. The summed E-state index contributed by atoms with van der Waals surface area (Å²) in [4.78, 5) is 11.9. The van der Waals surface area contributed by atoms with Crippen LogP contribution in [0.5, 0.6) is 0 Å². The maximum Gasteiger partial charge on any atom is 0.319 e. The van der Waals surface area contributed by atoms with Crippen LogP contribution < -0.4 is 10.6 Å². The fourth-order valence-electron chi connectivity index (χ4n) is 2.35. The zero-order chi connectivity index (χ0) is 15.2. The SMILES string of the molecule is CCCn1ccc2ccc(NC(=O)N[C@H](C)CCO)cc21. The summed E-state index contributed by atoms with van der Waals surface area (Å²) in [6.45, 7) is 5.04. The molecular weight excluding hydrogens is 266 g/mol. The number of urea groups is 1. The highest BCUT2D eigenvalue weighted by Crippen LogP contribution is 2.20. The monoisotopic (exact) mass is 289 g/mol. The molecule has 1 aromatic heterocycles. The third kappa shape index (κ3) is 3.98. The largest absolute Gasteiger partial charge is 0.396 e. The topological polar surface area (TPSA) is 66.3 Å². The first-order valence-corrected chi connectivity index (χ1v) is 7.41. The van der Waals surface area contributed by atoms with E-state index in [0.717, 1.165) is 24.2 Å². The lowest BCUT2D eigenvalue weighted by molar-refractivity contribution is 0.241. The lowest BCUT2D eigenvalue weighted by atomic mass is 10.2. The number of hydrogen-bond acceptors (Lipinski definition) is 2. The number of hydrogen-bond donors (Lipinski definition) is 3. The number of carbonyl (C=O) groups is 1. The van der Waals surface area contributed by atoms with Crippen LogP contribution in [0.1, 0.15) is 26.7 Å². The lowest BCUT2D eigenvalue weighted by Crippen LogP contribution is -2.36. The van der Waals surface area contributed by atoms with Gasteiger partial charge in [-0.25, -0.2) is 4.79 Å². The summed E-state index contributed by atoms with van der Waals surface area (Å²) in [5.74, 6) is 0. The first kappa shape index (κ1) is 15.4. The summed E-state index contributed by atoms with van der Waals surface area (Å²) in [7, 11) is 0. The average molecular weight is 289 g/mol. The highest BCUT2D eigenvalue weighted by molar-refractivity contribution is 5.92. The molecule has 0 fully saturated rings. The highest BCUT2D eigenvalue weighted by Gasteiger charge is 2.08.